The SMILES string of the molecule is NCCCCC(N)C(=O)NC(Cc1ccc(O)cc1)C(=O)NC(Cc1ccccc1)C(=O)NC(CO)C(=O)O. The van der Waals surface area contributed by atoms with Gasteiger partial charge >= 0.3 is 5.97 Å². The van der Waals surface area contributed by atoms with Crippen LogP contribution in [0.15, 0.2) is 54.6 Å². The second kappa shape index (κ2) is 16.1. The molecule has 2 aromatic carbocycles. The predicted molar refractivity (Wildman–Crippen MR) is 143 cm³/mol. The average Bonchev–Trinajstić information content (AvgIpc) is 2.92. The van der Waals surface area contributed by atoms with E-state index in [0.29, 0.717) is 36.9 Å². The summed E-state index contributed by atoms with van der Waals surface area (Å²) in [6.07, 6.45) is 1.75. The third-order valence-corrected chi connectivity index (χ3v) is 6.03. The molecule has 0 radical (unpaired) electrons. The van der Waals surface area contributed by atoms with Crippen molar-refractivity contribution >= 4 is 23.7 Å². The molecule has 0 heterocycles. The van der Waals surface area contributed by atoms with Crippen LogP contribution in [0.3, 0.4) is 0 Å². The zero-order chi connectivity index (χ0) is 28.8. The van der Waals surface area contributed by atoms with Gasteiger partial charge in [0, 0.05) is 12.8 Å². The molecule has 10 N–H and O–H groups in total. The fourth-order valence-electron chi connectivity index (χ4n) is 3.78. The smallest absolute Gasteiger partial charge is 0.328 e. The summed E-state index contributed by atoms with van der Waals surface area (Å²) in [5.74, 6) is -3.47. The molecule has 0 aromatic heterocycles. The summed E-state index contributed by atoms with van der Waals surface area (Å²) in [6.45, 7) is -0.376. The van der Waals surface area contributed by atoms with Gasteiger partial charge in [-0.1, -0.05) is 48.9 Å². The second-order valence-electron chi connectivity index (χ2n) is 9.16. The molecule has 0 aliphatic rings. The van der Waals surface area contributed by atoms with E-state index in [-0.39, 0.29) is 18.6 Å². The minimum Gasteiger partial charge on any atom is -0.508 e. The first-order chi connectivity index (χ1) is 18.6. The average molecular weight is 544 g/mol. The summed E-state index contributed by atoms with van der Waals surface area (Å²) in [5, 5.41) is 35.6. The fourth-order valence-corrected chi connectivity index (χ4v) is 3.78. The second-order valence-corrected chi connectivity index (χ2v) is 9.16. The van der Waals surface area contributed by atoms with E-state index < -0.39 is 54.5 Å². The number of nitrogens with two attached hydrogens (primary N) is 2. The molecule has 0 saturated carbocycles. The Morgan fingerprint density at radius 2 is 1.26 bits per heavy atom. The maximum absolute atomic E-state index is 13.4. The van der Waals surface area contributed by atoms with Crippen LogP contribution < -0.4 is 27.4 Å². The number of aliphatic hydroxyl groups excluding tert-OH is 1. The summed E-state index contributed by atoms with van der Waals surface area (Å²) in [7, 11) is 0. The van der Waals surface area contributed by atoms with Gasteiger partial charge in [0.1, 0.15) is 23.9 Å². The molecule has 3 amide bonds. The van der Waals surface area contributed by atoms with E-state index >= 15 is 0 Å². The number of rotatable bonds is 16. The highest BCUT2D eigenvalue weighted by Gasteiger charge is 2.30. The first-order valence-corrected chi connectivity index (χ1v) is 12.7. The van der Waals surface area contributed by atoms with Crippen molar-refractivity contribution in [2.45, 2.75) is 56.3 Å². The lowest BCUT2D eigenvalue weighted by Gasteiger charge is -2.25. The minimum absolute atomic E-state index is 0.0225. The summed E-state index contributed by atoms with van der Waals surface area (Å²) in [5.41, 5.74) is 12.8. The molecule has 2 aromatic rings. The number of aliphatic hydroxyl groups is 1. The number of aliphatic carboxylic acids is 1. The Labute approximate surface area is 226 Å². The number of unbranched alkanes of at least 4 members (excludes halogenated alkanes) is 1. The van der Waals surface area contributed by atoms with Crippen LogP contribution in [0, 0.1) is 0 Å². The van der Waals surface area contributed by atoms with Crippen LogP contribution in [-0.4, -0.2) is 76.3 Å². The number of hydrogen-bond acceptors (Lipinski definition) is 8. The number of carboxylic acid groups (broad SMARTS) is 1. The van der Waals surface area contributed by atoms with Crippen molar-refractivity contribution in [2.24, 2.45) is 11.5 Å². The number of phenols is 1. The van der Waals surface area contributed by atoms with Crippen LogP contribution in [0.5, 0.6) is 5.75 Å². The van der Waals surface area contributed by atoms with Crippen molar-refractivity contribution in [3.63, 3.8) is 0 Å². The Bertz CT molecular complexity index is 1080. The van der Waals surface area contributed by atoms with Gasteiger partial charge in [0.15, 0.2) is 0 Å². The molecule has 0 aliphatic carbocycles. The van der Waals surface area contributed by atoms with Crippen molar-refractivity contribution in [2.75, 3.05) is 13.2 Å². The van der Waals surface area contributed by atoms with Crippen molar-refractivity contribution in [3.8, 4) is 5.75 Å². The van der Waals surface area contributed by atoms with Gasteiger partial charge in [-0.3, -0.25) is 14.4 Å². The fraction of sp³-hybridized carbons (Fsp3) is 0.407. The molecule has 12 nitrogen and oxygen atoms in total. The standard InChI is InChI=1S/C27H37N5O7/c28-13-5-4-8-20(29)24(35)30-21(15-18-9-11-19(34)12-10-18)25(36)31-22(14-17-6-2-1-3-7-17)26(37)32-23(16-33)27(38)39/h1-3,6-7,9-12,20-23,33-34H,4-5,8,13-16,28-29H2,(H,30,35)(H,31,36)(H,32,37)(H,38,39). The number of amides is 3. The van der Waals surface area contributed by atoms with Crippen LogP contribution >= 0.6 is 0 Å². The van der Waals surface area contributed by atoms with E-state index in [2.05, 4.69) is 16.0 Å². The summed E-state index contributed by atoms with van der Waals surface area (Å²) in [6, 6.07) is 10.0. The van der Waals surface area contributed by atoms with Gasteiger partial charge in [0.2, 0.25) is 17.7 Å². The maximum atomic E-state index is 13.4. The van der Waals surface area contributed by atoms with Crippen LogP contribution in [0.25, 0.3) is 0 Å². The Kier molecular flexibility index (Phi) is 12.9. The number of aromatic hydroxyl groups is 1. The van der Waals surface area contributed by atoms with Gasteiger partial charge in [-0.2, -0.15) is 0 Å². The quantitative estimate of drug-likeness (QED) is 0.124. The molecule has 39 heavy (non-hydrogen) atoms. The molecular formula is C27H37N5O7. The summed E-state index contributed by atoms with van der Waals surface area (Å²) in [4.78, 5) is 50.6. The molecule has 2 rings (SSSR count). The molecule has 0 saturated heterocycles. The molecule has 4 atom stereocenters. The molecule has 0 fully saturated rings. The van der Waals surface area contributed by atoms with E-state index in [4.69, 9.17) is 11.5 Å². The molecule has 4 unspecified atom stereocenters. The third-order valence-electron chi connectivity index (χ3n) is 6.03. The normalized spacial score (nSPS) is 13.9. The monoisotopic (exact) mass is 543 g/mol. The Balaban J connectivity index is 2.27. The maximum Gasteiger partial charge on any atom is 0.328 e. The predicted octanol–water partition coefficient (Wildman–Crippen LogP) is -0.835. The number of benzene rings is 2. The number of carbonyl (C=O) groups excluding carboxylic acids is 3. The van der Waals surface area contributed by atoms with Gasteiger partial charge in [0.05, 0.1) is 12.6 Å². The highest BCUT2D eigenvalue weighted by atomic mass is 16.4. The Morgan fingerprint density at radius 3 is 1.77 bits per heavy atom. The Hall–Kier alpha value is -4.00. The van der Waals surface area contributed by atoms with Crippen LogP contribution in [-0.2, 0) is 32.0 Å². The molecule has 12 heteroatoms. The highest BCUT2D eigenvalue weighted by Crippen LogP contribution is 2.12. The van der Waals surface area contributed by atoms with E-state index in [0.717, 1.165) is 0 Å². The number of carboxylic acids is 1. The minimum atomic E-state index is -1.56. The van der Waals surface area contributed by atoms with E-state index in [1.54, 1.807) is 42.5 Å². The largest absolute Gasteiger partial charge is 0.508 e. The number of phenolic OH excluding ortho intramolecular Hbond substituents is 1. The van der Waals surface area contributed by atoms with Gasteiger partial charge in [0.25, 0.3) is 0 Å². The van der Waals surface area contributed by atoms with Gasteiger partial charge in [-0.25, -0.2) is 4.79 Å². The first kappa shape index (κ1) is 31.2. The van der Waals surface area contributed by atoms with Crippen molar-refractivity contribution in [1.29, 1.82) is 0 Å². The number of hydrogen-bond donors (Lipinski definition) is 8. The molecule has 212 valence electrons. The zero-order valence-corrected chi connectivity index (χ0v) is 21.6. The third kappa shape index (κ3) is 10.7. The van der Waals surface area contributed by atoms with E-state index in [1.165, 1.54) is 12.1 Å². The number of carbonyl (C=O) groups is 4. The molecule has 0 spiro atoms. The zero-order valence-electron chi connectivity index (χ0n) is 21.6. The van der Waals surface area contributed by atoms with Gasteiger partial charge in [-0.15, -0.1) is 0 Å². The summed E-state index contributed by atoms with van der Waals surface area (Å²) < 4.78 is 0. The van der Waals surface area contributed by atoms with Gasteiger partial charge < -0.3 is 42.7 Å². The van der Waals surface area contributed by atoms with E-state index in [1.807, 2.05) is 0 Å². The molecule has 0 bridgehead atoms. The summed E-state index contributed by atoms with van der Waals surface area (Å²) >= 11 is 0. The topological polar surface area (TPSA) is 217 Å². The molecule has 0 aliphatic heterocycles. The Morgan fingerprint density at radius 1 is 0.744 bits per heavy atom. The van der Waals surface area contributed by atoms with Crippen molar-refractivity contribution in [1.82, 2.24) is 16.0 Å². The van der Waals surface area contributed by atoms with E-state index in [9.17, 15) is 34.5 Å². The lowest BCUT2D eigenvalue weighted by atomic mass is 10.0. The van der Waals surface area contributed by atoms with Crippen LogP contribution in [0.2, 0.25) is 0 Å². The van der Waals surface area contributed by atoms with Gasteiger partial charge in [-0.05, 0) is 42.6 Å². The van der Waals surface area contributed by atoms with Crippen LogP contribution in [0.1, 0.15) is 30.4 Å². The number of nitrogens with one attached hydrogen (secondary N) is 3. The van der Waals surface area contributed by atoms with Crippen molar-refractivity contribution in [3.05, 3.63) is 65.7 Å². The first-order valence-electron chi connectivity index (χ1n) is 12.7. The molecular weight excluding hydrogens is 506 g/mol. The van der Waals surface area contributed by atoms with Crippen molar-refractivity contribution < 1.29 is 34.5 Å². The highest BCUT2D eigenvalue weighted by molar-refractivity contribution is 5.94. The lowest BCUT2D eigenvalue weighted by Crippen LogP contribution is -2.58. The van der Waals surface area contributed by atoms with Crippen LogP contribution in [0.4, 0.5) is 0 Å². The lowest BCUT2D eigenvalue weighted by molar-refractivity contribution is -0.143.